The van der Waals surface area contributed by atoms with Crippen molar-refractivity contribution in [3.8, 4) is 0 Å². The van der Waals surface area contributed by atoms with Crippen LogP contribution in [0.5, 0.6) is 0 Å². The van der Waals surface area contributed by atoms with E-state index in [0.29, 0.717) is 5.56 Å². The highest BCUT2D eigenvalue weighted by Gasteiger charge is 2.29. The Hall–Kier alpha value is -2.29. The van der Waals surface area contributed by atoms with Crippen LogP contribution in [0, 0.1) is 13.8 Å². The van der Waals surface area contributed by atoms with E-state index in [4.69, 9.17) is 0 Å². The molecule has 0 heterocycles. The first-order chi connectivity index (χ1) is 12.4. The number of benzene rings is 3. The highest BCUT2D eigenvalue weighted by molar-refractivity contribution is 5.85. The molecule has 0 N–H and O–H groups in total. The quantitative estimate of drug-likeness (QED) is 0.378. The molecule has 26 heavy (non-hydrogen) atoms. The molecule has 0 aliphatic rings. The van der Waals surface area contributed by atoms with Crippen molar-refractivity contribution in [1.82, 2.24) is 0 Å². The first kappa shape index (κ1) is 23.7. The monoisotopic (exact) mass is 362 g/mol. The average molecular weight is 362 g/mol. The highest BCUT2D eigenvalue weighted by Crippen LogP contribution is 2.29. The average Bonchev–Trinajstić information content (AvgIpc) is 2.65. The smallest absolute Gasteiger partial charge is 0.166 e. The summed E-state index contributed by atoms with van der Waals surface area (Å²) in [4.78, 5) is 0. The summed E-state index contributed by atoms with van der Waals surface area (Å²) in [7, 11) is 0. The van der Waals surface area contributed by atoms with E-state index in [-0.39, 0.29) is 0 Å². The van der Waals surface area contributed by atoms with Crippen LogP contribution in [0.25, 0.3) is 10.8 Å². The van der Waals surface area contributed by atoms with Gasteiger partial charge in [-0.15, -0.1) is 0 Å². The van der Waals surface area contributed by atoms with Gasteiger partial charge in [-0.05, 0) is 36.2 Å². The molecular formula is C23H29F3. The van der Waals surface area contributed by atoms with Crippen molar-refractivity contribution < 1.29 is 13.2 Å². The molecule has 0 amide bonds. The van der Waals surface area contributed by atoms with E-state index in [2.05, 4.69) is 49.4 Å². The van der Waals surface area contributed by atoms with Crippen LogP contribution >= 0.6 is 0 Å². The molecule has 0 nitrogen and oxygen atoms in total. The van der Waals surface area contributed by atoms with E-state index < -0.39 is 11.7 Å². The third-order valence-corrected chi connectivity index (χ3v) is 3.35. The van der Waals surface area contributed by atoms with Gasteiger partial charge in [-0.25, -0.2) is 0 Å². The van der Waals surface area contributed by atoms with Gasteiger partial charge in [-0.1, -0.05) is 93.9 Å². The number of hydrogen-bond acceptors (Lipinski definition) is 0. The second kappa shape index (κ2) is 12.1. The van der Waals surface area contributed by atoms with E-state index in [1.807, 2.05) is 27.7 Å². The van der Waals surface area contributed by atoms with Gasteiger partial charge < -0.3 is 0 Å². The number of halogens is 3. The summed E-state index contributed by atoms with van der Waals surface area (Å²) in [5, 5.41) is 2.68. The van der Waals surface area contributed by atoms with Gasteiger partial charge in [0.1, 0.15) is 0 Å². The van der Waals surface area contributed by atoms with Gasteiger partial charge in [0.25, 0.3) is 0 Å². The molecular weight excluding hydrogens is 333 g/mol. The van der Waals surface area contributed by atoms with Gasteiger partial charge in [0, 0.05) is 0 Å². The Bertz CT molecular complexity index is 753. The Morgan fingerprint density at radius 1 is 0.654 bits per heavy atom. The van der Waals surface area contributed by atoms with Gasteiger partial charge in [0.05, 0.1) is 5.56 Å². The lowest BCUT2D eigenvalue weighted by molar-refractivity contribution is -0.137. The molecule has 0 unspecified atom stereocenters. The van der Waals surface area contributed by atoms with Crippen LogP contribution in [0.2, 0.25) is 0 Å². The maximum absolute atomic E-state index is 12.0. The lowest BCUT2D eigenvalue weighted by Gasteiger charge is -2.05. The molecule has 0 aromatic heterocycles. The van der Waals surface area contributed by atoms with Gasteiger partial charge >= 0.3 is 6.18 Å². The van der Waals surface area contributed by atoms with E-state index in [1.165, 1.54) is 22.4 Å². The van der Waals surface area contributed by atoms with Gasteiger partial charge in [-0.2, -0.15) is 13.2 Å². The molecule has 0 aliphatic carbocycles. The summed E-state index contributed by atoms with van der Waals surface area (Å²) in [5.41, 5.74) is 1.39. The van der Waals surface area contributed by atoms with Crippen LogP contribution in [0.15, 0.2) is 66.7 Å². The van der Waals surface area contributed by atoms with Gasteiger partial charge in [0.2, 0.25) is 0 Å². The van der Waals surface area contributed by atoms with E-state index in [0.717, 1.165) is 12.1 Å². The van der Waals surface area contributed by atoms with Crippen molar-refractivity contribution in [3.63, 3.8) is 0 Å². The SMILES string of the molecule is CC.CC.Cc1cccc(C(F)(F)F)c1.Cc1cccc2ccccc12. The van der Waals surface area contributed by atoms with Crippen molar-refractivity contribution in [2.75, 3.05) is 0 Å². The Balaban J connectivity index is 0.000000404. The summed E-state index contributed by atoms with van der Waals surface area (Å²) in [6.07, 6.45) is -4.22. The number of hydrogen-bond donors (Lipinski definition) is 0. The third kappa shape index (κ3) is 7.73. The maximum atomic E-state index is 12.0. The summed E-state index contributed by atoms with van der Waals surface area (Å²) in [6, 6.07) is 20.0. The van der Waals surface area contributed by atoms with Crippen molar-refractivity contribution >= 4 is 10.8 Å². The molecule has 0 fully saturated rings. The molecule has 142 valence electrons. The zero-order chi connectivity index (χ0) is 20.2. The van der Waals surface area contributed by atoms with Crippen LogP contribution in [-0.2, 0) is 6.18 Å². The molecule has 0 spiro atoms. The summed E-state index contributed by atoms with van der Waals surface area (Å²) >= 11 is 0. The lowest BCUT2D eigenvalue weighted by atomic mass is 10.1. The molecule has 0 saturated carbocycles. The molecule has 3 aromatic rings. The fourth-order valence-electron chi connectivity index (χ4n) is 2.21. The standard InChI is InChI=1S/C11H10.C8H7F3.2C2H6/c1-9-5-4-7-10-6-2-3-8-11(9)10;1-6-3-2-4-7(5-6)8(9,10)11;2*1-2/h2-8H,1H3;2-5H,1H3;2*1-2H3. The van der Waals surface area contributed by atoms with Crippen molar-refractivity contribution in [3.05, 3.63) is 83.4 Å². The first-order valence-electron chi connectivity index (χ1n) is 8.96. The molecule has 3 heteroatoms. The third-order valence-electron chi connectivity index (χ3n) is 3.35. The molecule has 0 saturated heterocycles. The summed E-state index contributed by atoms with van der Waals surface area (Å²) in [6.45, 7) is 11.8. The summed E-state index contributed by atoms with van der Waals surface area (Å²) < 4.78 is 35.9. The Kier molecular flexibility index (Phi) is 11.1. The fraction of sp³-hybridized carbons (Fsp3) is 0.304. The minimum Gasteiger partial charge on any atom is -0.166 e. The van der Waals surface area contributed by atoms with Gasteiger partial charge in [0.15, 0.2) is 0 Å². The van der Waals surface area contributed by atoms with Crippen molar-refractivity contribution in [1.29, 1.82) is 0 Å². The van der Waals surface area contributed by atoms with E-state index >= 15 is 0 Å². The molecule has 0 radical (unpaired) electrons. The largest absolute Gasteiger partial charge is 0.416 e. The van der Waals surface area contributed by atoms with Crippen LogP contribution in [0.3, 0.4) is 0 Å². The van der Waals surface area contributed by atoms with Crippen LogP contribution in [0.4, 0.5) is 13.2 Å². The topological polar surface area (TPSA) is 0 Å². The van der Waals surface area contributed by atoms with E-state index in [9.17, 15) is 13.2 Å². The molecule has 0 aliphatic heterocycles. The second-order valence-electron chi connectivity index (χ2n) is 5.16. The predicted octanol–water partition coefficient (Wildman–Crippen LogP) is 8.21. The first-order valence-corrected chi connectivity index (χ1v) is 8.96. The van der Waals surface area contributed by atoms with Gasteiger partial charge in [-0.3, -0.25) is 0 Å². The molecule has 3 aromatic carbocycles. The molecule has 0 bridgehead atoms. The van der Waals surface area contributed by atoms with E-state index in [1.54, 1.807) is 13.0 Å². The normalized spacial score (nSPS) is 9.73. The zero-order valence-corrected chi connectivity index (χ0v) is 16.5. The number of alkyl halides is 3. The second-order valence-corrected chi connectivity index (χ2v) is 5.16. The minimum absolute atomic E-state index is 0.586. The van der Waals surface area contributed by atoms with Crippen LogP contribution in [0.1, 0.15) is 44.4 Å². The fourth-order valence-corrected chi connectivity index (χ4v) is 2.21. The Labute approximate surface area is 155 Å². The highest BCUT2D eigenvalue weighted by atomic mass is 19.4. The predicted molar refractivity (Wildman–Crippen MR) is 108 cm³/mol. The van der Waals surface area contributed by atoms with Crippen LogP contribution in [-0.4, -0.2) is 0 Å². The molecule has 0 atom stereocenters. The van der Waals surface area contributed by atoms with Crippen molar-refractivity contribution in [2.24, 2.45) is 0 Å². The van der Waals surface area contributed by atoms with Crippen molar-refractivity contribution in [2.45, 2.75) is 47.7 Å². The Morgan fingerprint density at radius 3 is 1.69 bits per heavy atom. The molecule has 3 rings (SSSR count). The lowest BCUT2D eigenvalue weighted by Crippen LogP contribution is -2.04. The zero-order valence-electron chi connectivity index (χ0n) is 16.5. The Morgan fingerprint density at radius 2 is 1.19 bits per heavy atom. The maximum Gasteiger partial charge on any atom is 0.416 e. The number of aryl methyl sites for hydroxylation is 2. The number of rotatable bonds is 0. The van der Waals surface area contributed by atoms with Crippen LogP contribution < -0.4 is 0 Å². The number of fused-ring (bicyclic) bond motifs is 1. The summed E-state index contributed by atoms with van der Waals surface area (Å²) in [5.74, 6) is 0. The minimum atomic E-state index is -4.22.